The monoisotopic (exact) mass is 454 g/mol. The average molecular weight is 455 g/mol. The first-order valence-electron chi connectivity index (χ1n) is 10.9. The Bertz CT molecular complexity index is 1240. The minimum absolute atomic E-state index is 0.175. The largest absolute Gasteiger partial charge is 0.497 e. The Kier molecular flexibility index (Phi) is 7.35. The number of methoxy groups -OCH3 is 1. The van der Waals surface area contributed by atoms with E-state index in [1.54, 1.807) is 19.2 Å². The summed E-state index contributed by atoms with van der Waals surface area (Å²) in [4.78, 5) is 21.6. The number of benzene rings is 3. The molecule has 172 valence electrons. The number of amides is 1. The van der Waals surface area contributed by atoms with Gasteiger partial charge in [-0.3, -0.25) is 4.79 Å². The van der Waals surface area contributed by atoms with Gasteiger partial charge in [0.2, 0.25) is 0 Å². The molecule has 0 aliphatic rings. The van der Waals surface area contributed by atoms with Gasteiger partial charge in [0, 0.05) is 22.9 Å². The molecular weight excluding hydrogens is 428 g/mol. The Balaban J connectivity index is 1.35. The molecule has 0 unspecified atom stereocenters. The van der Waals surface area contributed by atoms with Crippen molar-refractivity contribution in [3.63, 3.8) is 0 Å². The molecule has 0 aliphatic heterocycles. The van der Waals surface area contributed by atoms with Crippen LogP contribution in [0.4, 0.5) is 11.5 Å². The fourth-order valence-electron chi connectivity index (χ4n) is 3.38. The van der Waals surface area contributed by atoms with Crippen LogP contribution in [0.25, 0.3) is 11.3 Å². The Morgan fingerprint density at radius 2 is 1.65 bits per heavy atom. The second-order valence-corrected chi connectivity index (χ2v) is 7.54. The second kappa shape index (κ2) is 11.0. The predicted octanol–water partition coefficient (Wildman–Crippen LogP) is 5.01. The van der Waals surface area contributed by atoms with Gasteiger partial charge < -0.3 is 20.1 Å². The number of carbonyl (C=O) groups is 1. The number of aryl methyl sites for hydroxylation is 1. The first-order chi connectivity index (χ1) is 16.6. The molecule has 1 amide bonds. The zero-order valence-corrected chi connectivity index (χ0v) is 19.1. The van der Waals surface area contributed by atoms with E-state index in [4.69, 9.17) is 9.47 Å². The molecule has 0 aliphatic carbocycles. The molecule has 2 N–H and O–H groups in total. The summed E-state index contributed by atoms with van der Waals surface area (Å²) in [5.74, 6) is 2.64. The molecule has 7 nitrogen and oxygen atoms in total. The zero-order chi connectivity index (χ0) is 23.8. The van der Waals surface area contributed by atoms with Gasteiger partial charge in [-0.15, -0.1) is 0 Å². The summed E-state index contributed by atoms with van der Waals surface area (Å²) in [7, 11) is 1.62. The van der Waals surface area contributed by atoms with Crippen LogP contribution in [-0.4, -0.2) is 36.1 Å². The van der Waals surface area contributed by atoms with Crippen LogP contribution >= 0.6 is 0 Å². The molecule has 34 heavy (non-hydrogen) atoms. The molecule has 0 spiro atoms. The maximum atomic E-state index is 12.6. The highest BCUT2D eigenvalue weighted by Gasteiger charge is 2.08. The highest BCUT2D eigenvalue weighted by molar-refractivity contribution is 5.95. The van der Waals surface area contributed by atoms with E-state index in [0.29, 0.717) is 30.4 Å². The SMILES string of the molecule is COc1ccc(OCCNC(=O)c2cccc(Nc3cc(-c4ccccc4)nc(C)n3)c2)cc1. The summed E-state index contributed by atoms with van der Waals surface area (Å²) in [6.45, 7) is 2.60. The van der Waals surface area contributed by atoms with Crippen LogP contribution in [0.2, 0.25) is 0 Å². The van der Waals surface area contributed by atoms with Crippen LogP contribution in [0.1, 0.15) is 16.2 Å². The van der Waals surface area contributed by atoms with Gasteiger partial charge in [-0.25, -0.2) is 9.97 Å². The Hall–Kier alpha value is -4.39. The van der Waals surface area contributed by atoms with E-state index in [0.717, 1.165) is 28.4 Å². The number of nitrogens with zero attached hydrogens (tertiary/aromatic N) is 2. The number of hydrogen-bond acceptors (Lipinski definition) is 6. The van der Waals surface area contributed by atoms with Gasteiger partial charge in [-0.2, -0.15) is 0 Å². The van der Waals surface area contributed by atoms with Gasteiger partial charge in [-0.05, 0) is 49.4 Å². The van der Waals surface area contributed by atoms with Gasteiger partial charge >= 0.3 is 0 Å². The van der Waals surface area contributed by atoms with Gasteiger partial charge in [0.05, 0.1) is 19.3 Å². The fraction of sp³-hybridized carbons (Fsp3) is 0.148. The van der Waals surface area contributed by atoms with Crippen LogP contribution in [0.5, 0.6) is 11.5 Å². The molecule has 3 aromatic carbocycles. The fourth-order valence-corrected chi connectivity index (χ4v) is 3.38. The summed E-state index contributed by atoms with van der Waals surface area (Å²) >= 11 is 0. The summed E-state index contributed by atoms with van der Waals surface area (Å²) in [6.07, 6.45) is 0. The van der Waals surface area contributed by atoms with E-state index in [9.17, 15) is 4.79 Å². The van der Waals surface area contributed by atoms with Crippen LogP contribution in [0, 0.1) is 6.92 Å². The van der Waals surface area contributed by atoms with Gasteiger partial charge in [0.15, 0.2) is 0 Å². The standard InChI is InChI=1S/C27H26N4O3/c1-19-29-25(20-7-4-3-5-8-20)18-26(30-19)31-22-10-6-9-21(17-22)27(32)28-15-16-34-24-13-11-23(33-2)12-14-24/h3-14,17-18H,15-16H2,1-2H3,(H,28,32)(H,29,30,31). The number of anilines is 2. The van der Waals surface area contributed by atoms with Crippen LogP contribution in [0.15, 0.2) is 84.9 Å². The van der Waals surface area contributed by atoms with Crippen molar-refractivity contribution >= 4 is 17.4 Å². The van der Waals surface area contributed by atoms with Crippen molar-refractivity contribution in [2.75, 3.05) is 25.6 Å². The number of rotatable bonds is 9. The van der Waals surface area contributed by atoms with E-state index in [1.165, 1.54) is 0 Å². The van der Waals surface area contributed by atoms with Crippen LogP contribution in [-0.2, 0) is 0 Å². The van der Waals surface area contributed by atoms with Crippen molar-refractivity contribution in [2.24, 2.45) is 0 Å². The van der Waals surface area contributed by atoms with Crippen LogP contribution in [0.3, 0.4) is 0 Å². The highest BCUT2D eigenvalue weighted by atomic mass is 16.5. The number of nitrogens with one attached hydrogen (secondary N) is 2. The van der Waals surface area contributed by atoms with E-state index < -0.39 is 0 Å². The number of carbonyl (C=O) groups excluding carboxylic acids is 1. The Labute approximate surface area is 198 Å². The summed E-state index contributed by atoms with van der Waals surface area (Å²) in [6, 6.07) is 26.4. The molecule has 0 radical (unpaired) electrons. The van der Waals surface area contributed by atoms with Gasteiger partial charge in [0.1, 0.15) is 29.7 Å². The summed E-state index contributed by atoms with van der Waals surface area (Å²) in [5, 5.41) is 6.16. The third-order valence-electron chi connectivity index (χ3n) is 5.02. The minimum atomic E-state index is -0.175. The van der Waals surface area contributed by atoms with Crippen molar-refractivity contribution in [1.29, 1.82) is 0 Å². The molecule has 4 aromatic rings. The number of ether oxygens (including phenoxy) is 2. The zero-order valence-electron chi connectivity index (χ0n) is 19.1. The van der Waals surface area contributed by atoms with Crippen molar-refractivity contribution in [3.8, 4) is 22.8 Å². The molecule has 0 fully saturated rings. The molecule has 4 rings (SSSR count). The smallest absolute Gasteiger partial charge is 0.251 e. The summed E-state index contributed by atoms with van der Waals surface area (Å²) < 4.78 is 10.8. The first kappa shape index (κ1) is 22.8. The van der Waals surface area contributed by atoms with E-state index >= 15 is 0 Å². The van der Waals surface area contributed by atoms with Crippen LogP contribution < -0.4 is 20.1 Å². The Morgan fingerprint density at radius 1 is 0.882 bits per heavy atom. The normalized spacial score (nSPS) is 10.4. The van der Waals surface area contributed by atoms with Gasteiger partial charge in [0.25, 0.3) is 5.91 Å². The maximum absolute atomic E-state index is 12.6. The Morgan fingerprint density at radius 3 is 2.41 bits per heavy atom. The van der Waals surface area contributed by atoms with E-state index in [2.05, 4.69) is 20.6 Å². The maximum Gasteiger partial charge on any atom is 0.251 e. The number of aromatic nitrogens is 2. The minimum Gasteiger partial charge on any atom is -0.497 e. The molecule has 1 heterocycles. The van der Waals surface area contributed by atoms with Crippen molar-refractivity contribution in [3.05, 3.63) is 96.3 Å². The molecule has 0 saturated heterocycles. The molecule has 0 saturated carbocycles. The first-order valence-corrected chi connectivity index (χ1v) is 10.9. The van der Waals surface area contributed by atoms with Crippen molar-refractivity contribution in [2.45, 2.75) is 6.92 Å². The highest BCUT2D eigenvalue weighted by Crippen LogP contribution is 2.22. The van der Waals surface area contributed by atoms with Gasteiger partial charge in [-0.1, -0.05) is 36.4 Å². The number of hydrogen-bond donors (Lipinski definition) is 2. The quantitative estimate of drug-likeness (QED) is 0.346. The predicted molar refractivity (Wildman–Crippen MR) is 133 cm³/mol. The lowest BCUT2D eigenvalue weighted by atomic mass is 10.1. The molecular formula is C27H26N4O3. The average Bonchev–Trinajstić information content (AvgIpc) is 2.87. The lowest BCUT2D eigenvalue weighted by Crippen LogP contribution is -2.28. The molecule has 0 atom stereocenters. The second-order valence-electron chi connectivity index (χ2n) is 7.54. The molecule has 1 aromatic heterocycles. The van der Waals surface area contributed by atoms with E-state index in [-0.39, 0.29) is 5.91 Å². The van der Waals surface area contributed by atoms with Crippen molar-refractivity contribution in [1.82, 2.24) is 15.3 Å². The summed E-state index contributed by atoms with van der Waals surface area (Å²) in [5.41, 5.74) is 3.16. The lowest BCUT2D eigenvalue weighted by Gasteiger charge is -2.11. The third kappa shape index (κ3) is 6.10. The molecule has 7 heteroatoms. The third-order valence-corrected chi connectivity index (χ3v) is 5.02. The van der Waals surface area contributed by atoms with E-state index in [1.807, 2.05) is 79.7 Å². The van der Waals surface area contributed by atoms with Crippen molar-refractivity contribution < 1.29 is 14.3 Å². The molecule has 0 bridgehead atoms. The topological polar surface area (TPSA) is 85.4 Å². The lowest BCUT2D eigenvalue weighted by molar-refractivity contribution is 0.0947.